The lowest BCUT2D eigenvalue weighted by molar-refractivity contribution is 0.252. The first-order valence-corrected chi connectivity index (χ1v) is 11.8. The number of nitrogens with zero attached hydrogens (tertiary/aromatic N) is 3. The van der Waals surface area contributed by atoms with E-state index in [2.05, 4.69) is 25.6 Å². The van der Waals surface area contributed by atoms with Gasteiger partial charge in [-0.3, -0.25) is 4.98 Å². The number of anilines is 2. The fraction of sp³-hybridized carbons (Fsp3) is 0.273. The highest BCUT2D eigenvalue weighted by Gasteiger charge is 2.57. The summed E-state index contributed by atoms with van der Waals surface area (Å²) in [6.07, 6.45) is 4.69. The van der Waals surface area contributed by atoms with Crippen molar-refractivity contribution in [1.29, 1.82) is 0 Å². The lowest BCUT2D eigenvalue weighted by atomic mass is 10.1. The van der Waals surface area contributed by atoms with Crippen LogP contribution < -0.4 is 16.4 Å². The number of carbonyl (C=O) groups excluding carboxylic acids is 1. The van der Waals surface area contributed by atoms with Crippen molar-refractivity contribution in [3.05, 3.63) is 60.6 Å². The molecule has 4 N–H and O–H groups in total. The fourth-order valence-electron chi connectivity index (χ4n) is 3.46. The second kappa shape index (κ2) is 8.54. The van der Waals surface area contributed by atoms with Crippen LogP contribution in [-0.4, -0.2) is 35.9 Å². The maximum absolute atomic E-state index is 13.3. The number of pyridine rings is 1. The number of rotatable bonds is 7. The van der Waals surface area contributed by atoms with Crippen LogP contribution in [0.2, 0.25) is 0 Å². The first-order valence-electron chi connectivity index (χ1n) is 10.3. The van der Waals surface area contributed by atoms with Crippen LogP contribution in [-0.2, 0) is 14.6 Å². The Balaban J connectivity index is 1.62. The van der Waals surface area contributed by atoms with Crippen LogP contribution in [0, 0.1) is 0 Å². The lowest BCUT2D eigenvalue weighted by Crippen LogP contribution is -2.29. The normalized spacial score (nSPS) is 14.5. The predicted octanol–water partition coefficient (Wildman–Crippen LogP) is 3.12. The number of aromatic nitrogens is 3. The molecular formula is C22H24N6O3S. The van der Waals surface area contributed by atoms with E-state index in [0.717, 1.165) is 6.42 Å². The zero-order valence-electron chi connectivity index (χ0n) is 17.6. The average Bonchev–Trinajstić information content (AvgIpc) is 3.61. The Morgan fingerprint density at radius 3 is 2.41 bits per heavy atom. The van der Waals surface area contributed by atoms with Crippen molar-refractivity contribution < 1.29 is 13.2 Å². The highest BCUT2D eigenvalue weighted by molar-refractivity contribution is 7.92. The van der Waals surface area contributed by atoms with E-state index in [1.807, 2.05) is 6.92 Å². The maximum Gasteiger partial charge on any atom is 0.319 e. The molecule has 9 nitrogen and oxygen atoms in total. The number of amides is 2. The van der Waals surface area contributed by atoms with Gasteiger partial charge in [-0.25, -0.2) is 23.2 Å². The van der Waals surface area contributed by atoms with Gasteiger partial charge in [0.2, 0.25) is 0 Å². The first kappa shape index (κ1) is 21.7. The summed E-state index contributed by atoms with van der Waals surface area (Å²) < 4.78 is 25.5. The maximum atomic E-state index is 13.3. The topological polar surface area (TPSA) is 140 Å². The van der Waals surface area contributed by atoms with Crippen molar-refractivity contribution in [3.63, 3.8) is 0 Å². The summed E-state index contributed by atoms with van der Waals surface area (Å²) in [4.78, 5) is 24.8. The molecule has 0 unspecified atom stereocenters. The van der Waals surface area contributed by atoms with E-state index in [4.69, 9.17) is 5.73 Å². The number of nitrogens with two attached hydrogens (primary N) is 1. The minimum absolute atomic E-state index is 0.197. The standard InChI is InChI=1S/C22H24N6O3S/c1-2-11-25-21(29)26-16-5-3-15(4-6-16)20-27-18(14-19(23)28-20)22(9-10-22)32(30,31)17-7-12-24-13-8-17/h3-8,12-14H,2,9-11H2,1H3,(H2,23,27,28)(H2,25,26,29). The van der Waals surface area contributed by atoms with Crippen molar-refractivity contribution in [3.8, 4) is 11.4 Å². The van der Waals surface area contributed by atoms with Gasteiger partial charge in [0.05, 0.1) is 10.6 Å². The third kappa shape index (κ3) is 4.13. The molecule has 10 heteroatoms. The molecule has 3 aromatic rings. The molecule has 2 amide bonds. The van der Waals surface area contributed by atoms with Gasteiger partial charge in [-0.1, -0.05) is 6.92 Å². The molecule has 1 saturated carbocycles. The number of sulfone groups is 1. The summed E-state index contributed by atoms with van der Waals surface area (Å²) in [5, 5.41) is 5.49. The lowest BCUT2D eigenvalue weighted by Gasteiger charge is -2.17. The third-order valence-corrected chi connectivity index (χ3v) is 7.87. The van der Waals surface area contributed by atoms with Gasteiger partial charge in [0.1, 0.15) is 10.6 Å². The largest absolute Gasteiger partial charge is 0.384 e. The van der Waals surface area contributed by atoms with E-state index in [0.29, 0.717) is 42.2 Å². The monoisotopic (exact) mass is 452 g/mol. The van der Waals surface area contributed by atoms with Crippen molar-refractivity contribution in [2.24, 2.45) is 0 Å². The van der Waals surface area contributed by atoms with Crippen LogP contribution in [0.25, 0.3) is 11.4 Å². The van der Waals surface area contributed by atoms with Crippen molar-refractivity contribution in [1.82, 2.24) is 20.3 Å². The van der Waals surface area contributed by atoms with Gasteiger partial charge in [0.15, 0.2) is 15.7 Å². The van der Waals surface area contributed by atoms with Crippen molar-refractivity contribution in [2.45, 2.75) is 35.8 Å². The van der Waals surface area contributed by atoms with Gasteiger partial charge in [-0.15, -0.1) is 0 Å². The quantitative estimate of drug-likeness (QED) is 0.500. The van der Waals surface area contributed by atoms with E-state index in [1.54, 1.807) is 24.3 Å². The Labute approximate surface area is 186 Å². The molecule has 1 aliphatic carbocycles. The molecular weight excluding hydrogens is 428 g/mol. The molecule has 0 radical (unpaired) electrons. The Hall–Kier alpha value is -3.53. The smallest absolute Gasteiger partial charge is 0.319 e. The van der Waals surface area contributed by atoms with Gasteiger partial charge in [0.25, 0.3) is 0 Å². The molecule has 2 heterocycles. The van der Waals surface area contributed by atoms with Gasteiger partial charge in [0, 0.05) is 36.3 Å². The number of urea groups is 1. The second-order valence-electron chi connectivity index (χ2n) is 7.64. The van der Waals surface area contributed by atoms with E-state index < -0.39 is 14.6 Å². The summed E-state index contributed by atoms with van der Waals surface area (Å²) in [5.74, 6) is 0.528. The Kier molecular flexibility index (Phi) is 5.79. The molecule has 4 rings (SSSR count). The summed E-state index contributed by atoms with van der Waals surface area (Å²) in [6.45, 7) is 2.57. The van der Waals surface area contributed by atoms with Crippen LogP contribution in [0.3, 0.4) is 0 Å². The van der Waals surface area contributed by atoms with E-state index in [1.165, 1.54) is 30.6 Å². The molecule has 0 aliphatic heterocycles. The first-order chi connectivity index (χ1) is 15.4. The fourth-order valence-corrected chi connectivity index (χ4v) is 5.41. The van der Waals surface area contributed by atoms with Crippen LogP contribution in [0.15, 0.2) is 59.8 Å². The molecule has 0 atom stereocenters. The number of benzene rings is 1. The predicted molar refractivity (Wildman–Crippen MR) is 122 cm³/mol. The van der Waals surface area contributed by atoms with Gasteiger partial charge in [-0.05, 0) is 55.7 Å². The van der Waals surface area contributed by atoms with Crippen molar-refractivity contribution in [2.75, 3.05) is 17.6 Å². The van der Waals surface area contributed by atoms with Crippen LogP contribution in [0.4, 0.5) is 16.3 Å². The number of hydrogen-bond donors (Lipinski definition) is 3. The van der Waals surface area contributed by atoms with E-state index >= 15 is 0 Å². The van der Waals surface area contributed by atoms with Gasteiger partial charge in [-0.2, -0.15) is 0 Å². The summed E-state index contributed by atoms with van der Waals surface area (Å²) in [5.41, 5.74) is 7.69. The Bertz CT molecular complexity index is 1230. The van der Waals surface area contributed by atoms with Crippen LogP contribution in [0.1, 0.15) is 31.9 Å². The average molecular weight is 453 g/mol. The Morgan fingerprint density at radius 1 is 1.09 bits per heavy atom. The number of carbonyl (C=O) groups is 1. The van der Waals surface area contributed by atoms with E-state index in [9.17, 15) is 13.2 Å². The van der Waals surface area contributed by atoms with E-state index in [-0.39, 0.29) is 16.7 Å². The molecule has 1 fully saturated rings. The SMILES string of the molecule is CCCNC(=O)Nc1ccc(-c2nc(N)cc(C3(S(=O)(=O)c4ccncc4)CC3)n2)cc1. The van der Waals surface area contributed by atoms with Crippen LogP contribution in [0.5, 0.6) is 0 Å². The molecule has 0 spiro atoms. The molecule has 0 saturated heterocycles. The highest BCUT2D eigenvalue weighted by atomic mass is 32.2. The van der Waals surface area contributed by atoms with Crippen LogP contribution >= 0.6 is 0 Å². The second-order valence-corrected chi connectivity index (χ2v) is 9.90. The van der Waals surface area contributed by atoms with Gasteiger partial charge >= 0.3 is 6.03 Å². The molecule has 0 bridgehead atoms. The summed E-state index contributed by atoms with van der Waals surface area (Å²) in [7, 11) is -3.66. The molecule has 166 valence electrons. The highest BCUT2D eigenvalue weighted by Crippen LogP contribution is 2.54. The zero-order valence-corrected chi connectivity index (χ0v) is 18.4. The minimum Gasteiger partial charge on any atom is -0.384 e. The molecule has 1 aliphatic rings. The summed E-state index contributed by atoms with van der Waals surface area (Å²) in [6, 6.07) is 11.2. The zero-order chi connectivity index (χ0) is 22.8. The number of nitrogen functional groups attached to an aromatic ring is 1. The minimum atomic E-state index is -3.66. The molecule has 2 aromatic heterocycles. The summed E-state index contributed by atoms with van der Waals surface area (Å²) >= 11 is 0. The Morgan fingerprint density at radius 2 is 1.78 bits per heavy atom. The van der Waals surface area contributed by atoms with Gasteiger partial charge < -0.3 is 16.4 Å². The number of hydrogen-bond acceptors (Lipinski definition) is 7. The number of nitrogens with one attached hydrogen (secondary N) is 2. The van der Waals surface area contributed by atoms with Crippen molar-refractivity contribution >= 4 is 27.4 Å². The molecule has 1 aromatic carbocycles. The third-order valence-electron chi connectivity index (χ3n) is 5.33. The molecule has 32 heavy (non-hydrogen) atoms.